The van der Waals surface area contributed by atoms with Gasteiger partial charge < -0.3 is 5.73 Å². The van der Waals surface area contributed by atoms with E-state index in [2.05, 4.69) is 14.9 Å². The molecule has 0 aliphatic rings. The van der Waals surface area contributed by atoms with E-state index in [4.69, 9.17) is 5.73 Å². The molecule has 0 fully saturated rings. The second-order valence-electron chi connectivity index (χ2n) is 4.00. The van der Waals surface area contributed by atoms with Gasteiger partial charge in [-0.1, -0.05) is 6.07 Å². The lowest BCUT2D eigenvalue weighted by molar-refractivity contribution is 0.578. The van der Waals surface area contributed by atoms with Crippen LogP contribution in [0, 0.1) is 12.7 Å². The van der Waals surface area contributed by atoms with Crippen molar-refractivity contribution in [3.8, 4) is 0 Å². The maximum atomic E-state index is 13.3. The average molecular weight is 284 g/mol. The van der Waals surface area contributed by atoms with Crippen LogP contribution >= 0.6 is 0 Å². The predicted molar refractivity (Wildman–Crippen MR) is 68.2 cm³/mol. The lowest BCUT2D eigenvalue weighted by atomic mass is 10.3. The highest BCUT2D eigenvalue weighted by atomic mass is 32.2. The summed E-state index contributed by atoms with van der Waals surface area (Å²) in [7, 11) is -3.86. The number of nitrogens with zero attached hydrogens (tertiary/aromatic N) is 1. The van der Waals surface area contributed by atoms with Crippen LogP contribution in [0.3, 0.4) is 0 Å². The first-order chi connectivity index (χ1) is 8.92. The number of halogens is 1. The monoisotopic (exact) mass is 284 g/mol. The summed E-state index contributed by atoms with van der Waals surface area (Å²) in [6.45, 7) is 1.83. The fourth-order valence-electron chi connectivity index (χ4n) is 1.56. The largest absolute Gasteiger partial charge is 0.395 e. The zero-order valence-electron chi connectivity index (χ0n) is 10.1. The van der Waals surface area contributed by atoms with Gasteiger partial charge >= 0.3 is 0 Å². The second kappa shape index (κ2) is 4.98. The quantitative estimate of drug-likeness (QED) is 0.727. The highest BCUT2D eigenvalue weighted by molar-refractivity contribution is 7.89. The first-order valence-corrected chi connectivity index (χ1v) is 6.92. The number of H-pyrrole nitrogens is 1. The van der Waals surface area contributed by atoms with Gasteiger partial charge in [-0.2, -0.15) is 5.10 Å². The second-order valence-corrected chi connectivity index (χ2v) is 5.73. The summed E-state index contributed by atoms with van der Waals surface area (Å²) in [6, 6.07) is 3.65. The van der Waals surface area contributed by atoms with E-state index in [0.717, 1.165) is 11.8 Å². The average Bonchev–Trinajstić information content (AvgIpc) is 2.76. The summed E-state index contributed by atoms with van der Waals surface area (Å²) >= 11 is 0. The predicted octanol–water partition coefficient (Wildman–Crippen LogP) is 0.918. The van der Waals surface area contributed by atoms with E-state index >= 15 is 0 Å². The van der Waals surface area contributed by atoms with E-state index in [-0.39, 0.29) is 17.1 Å². The van der Waals surface area contributed by atoms with Gasteiger partial charge in [0.25, 0.3) is 0 Å². The van der Waals surface area contributed by atoms with Crippen molar-refractivity contribution in [2.24, 2.45) is 0 Å². The highest BCUT2D eigenvalue weighted by Crippen LogP contribution is 2.21. The minimum atomic E-state index is -3.86. The number of hydrogen-bond donors (Lipinski definition) is 3. The molecule has 19 heavy (non-hydrogen) atoms. The third-order valence-corrected chi connectivity index (χ3v) is 4.15. The fraction of sp³-hybridized carbons (Fsp3) is 0.182. The molecule has 0 saturated heterocycles. The summed E-state index contributed by atoms with van der Waals surface area (Å²) in [5.74, 6) is -0.762. The van der Waals surface area contributed by atoms with Crippen LogP contribution in [0.2, 0.25) is 0 Å². The van der Waals surface area contributed by atoms with Gasteiger partial charge in [-0.15, -0.1) is 0 Å². The Morgan fingerprint density at radius 1 is 1.47 bits per heavy atom. The van der Waals surface area contributed by atoms with Crippen LogP contribution in [0.5, 0.6) is 0 Å². The topological polar surface area (TPSA) is 101 Å². The van der Waals surface area contributed by atoms with Gasteiger partial charge in [0, 0.05) is 17.8 Å². The Hall–Kier alpha value is -1.93. The van der Waals surface area contributed by atoms with Gasteiger partial charge in [0.05, 0.1) is 11.9 Å². The first-order valence-electron chi connectivity index (χ1n) is 5.44. The number of rotatable bonds is 4. The van der Waals surface area contributed by atoms with Gasteiger partial charge in [0.15, 0.2) is 0 Å². The Balaban J connectivity index is 2.24. The van der Waals surface area contributed by atoms with Crippen molar-refractivity contribution in [3.63, 3.8) is 0 Å². The molecule has 1 heterocycles. The van der Waals surface area contributed by atoms with Crippen molar-refractivity contribution in [1.29, 1.82) is 0 Å². The summed E-state index contributed by atoms with van der Waals surface area (Å²) in [5, 5.41) is 6.48. The standard InChI is InChI=1S/C11H13FN4O2S/c1-7-8(5-14-16-7)6-15-19(17,18)10-4-2-3-9(12)11(10)13/h2-5,15H,6,13H2,1H3,(H,14,16). The normalized spacial score (nSPS) is 11.7. The van der Waals surface area contributed by atoms with Crippen LogP contribution in [0.15, 0.2) is 29.3 Å². The minimum absolute atomic E-state index is 0.0562. The molecule has 0 radical (unpaired) electrons. The number of nitrogens with two attached hydrogens (primary N) is 1. The number of aromatic nitrogens is 2. The number of sulfonamides is 1. The SMILES string of the molecule is Cc1[nH]ncc1CNS(=O)(=O)c1cccc(F)c1N. The summed E-state index contributed by atoms with van der Waals surface area (Å²) in [6.07, 6.45) is 1.52. The van der Waals surface area contributed by atoms with Crippen molar-refractivity contribution in [1.82, 2.24) is 14.9 Å². The number of nitrogens with one attached hydrogen (secondary N) is 2. The Morgan fingerprint density at radius 2 is 2.21 bits per heavy atom. The third-order valence-electron chi connectivity index (χ3n) is 2.69. The minimum Gasteiger partial charge on any atom is -0.395 e. The van der Waals surface area contributed by atoms with Crippen LogP contribution in [0.1, 0.15) is 11.3 Å². The summed E-state index contributed by atoms with van der Waals surface area (Å²) in [4.78, 5) is -0.270. The van der Waals surface area contributed by atoms with Crippen LogP contribution in [0.4, 0.5) is 10.1 Å². The van der Waals surface area contributed by atoms with Crippen LogP contribution in [0.25, 0.3) is 0 Å². The van der Waals surface area contributed by atoms with E-state index in [1.54, 1.807) is 6.92 Å². The molecule has 0 bridgehead atoms. The molecule has 1 aromatic carbocycles. The molecule has 2 aromatic rings. The number of para-hydroxylation sites is 1. The third kappa shape index (κ3) is 2.74. The fourth-order valence-corrected chi connectivity index (χ4v) is 2.70. The molecule has 0 aliphatic heterocycles. The van der Waals surface area contributed by atoms with Gasteiger partial charge in [0.1, 0.15) is 10.7 Å². The van der Waals surface area contributed by atoms with Crippen molar-refractivity contribution < 1.29 is 12.8 Å². The Bertz CT molecular complexity index is 696. The molecule has 102 valence electrons. The van der Waals surface area contributed by atoms with Crippen molar-refractivity contribution in [2.45, 2.75) is 18.4 Å². The summed E-state index contributed by atoms with van der Waals surface area (Å²) < 4.78 is 39.7. The van der Waals surface area contributed by atoms with Gasteiger partial charge in [-0.05, 0) is 19.1 Å². The van der Waals surface area contributed by atoms with Gasteiger partial charge in [-0.25, -0.2) is 17.5 Å². The number of nitrogen functional groups attached to an aromatic ring is 1. The maximum Gasteiger partial charge on any atom is 0.243 e. The van der Waals surface area contributed by atoms with E-state index in [1.165, 1.54) is 18.3 Å². The molecular weight excluding hydrogens is 271 g/mol. The van der Waals surface area contributed by atoms with Gasteiger partial charge in [0.2, 0.25) is 10.0 Å². The molecule has 0 spiro atoms. The highest BCUT2D eigenvalue weighted by Gasteiger charge is 2.19. The molecular formula is C11H13FN4O2S. The lowest BCUT2D eigenvalue weighted by Gasteiger charge is -2.09. The zero-order chi connectivity index (χ0) is 14.0. The van der Waals surface area contributed by atoms with Crippen molar-refractivity contribution >= 4 is 15.7 Å². The number of aromatic amines is 1. The van der Waals surface area contributed by atoms with E-state index in [9.17, 15) is 12.8 Å². The molecule has 0 aliphatic carbocycles. The van der Waals surface area contributed by atoms with E-state index < -0.39 is 15.8 Å². The molecule has 2 rings (SSSR count). The number of aryl methyl sites for hydroxylation is 1. The van der Waals surface area contributed by atoms with Crippen LogP contribution in [-0.4, -0.2) is 18.6 Å². The summed E-state index contributed by atoms with van der Waals surface area (Å²) in [5.41, 5.74) is 6.51. The molecule has 0 amide bonds. The Labute approximate surface area is 109 Å². The van der Waals surface area contributed by atoms with E-state index in [0.29, 0.717) is 5.56 Å². The first kappa shape index (κ1) is 13.5. The van der Waals surface area contributed by atoms with Crippen molar-refractivity contribution in [2.75, 3.05) is 5.73 Å². The molecule has 8 heteroatoms. The molecule has 0 atom stereocenters. The zero-order valence-corrected chi connectivity index (χ0v) is 11.0. The lowest BCUT2D eigenvalue weighted by Crippen LogP contribution is -2.24. The van der Waals surface area contributed by atoms with Gasteiger partial charge in [-0.3, -0.25) is 5.10 Å². The van der Waals surface area contributed by atoms with E-state index in [1.807, 2.05) is 0 Å². The molecule has 4 N–H and O–H groups in total. The Morgan fingerprint density at radius 3 is 2.84 bits per heavy atom. The smallest absolute Gasteiger partial charge is 0.243 e. The number of hydrogen-bond acceptors (Lipinski definition) is 4. The molecule has 0 unspecified atom stereocenters. The maximum absolute atomic E-state index is 13.3. The molecule has 0 saturated carbocycles. The Kier molecular flexibility index (Phi) is 3.54. The molecule has 6 nitrogen and oxygen atoms in total. The van der Waals surface area contributed by atoms with Crippen LogP contribution < -0.4 is 10.5 Å². The van der Waals surface area contributed by atoms with Crippen molar-refractivity contribution in [3.05, 3.63) is 41.5 Å². The number of anilines is 1. The van der Waals surface area contributed by atoms with Crippen LogP contribution in [-0.2, 0) is 16.6 Å². The molecule has 1 aromatic heterocycles. The number of benzene rings is 1.